The summed E-state index contributed by atoms with van der Waals surface area (Å²) in [4.78, 5) is 0. The minimum absolute atomic E-state index is 0. The van der Waals surface area contributed by atoms with E-state index >= 15 is 0 Å². The van der Waals surface area contributed by atoms with Crippen molar-refractivity contribution in [3.05, 3.63) is 0 Å². The van der Waals surface area contributed by atoms with Gasteiger partial charge in [-0.05, 0) is 6.42 Å². The van der Waals surface area contributed by atoms with Gasteiger partial charge in [-0.15, -0.1) is 24.8 Å². The second-order valence-electron chi connectivity index (χ2n) is 2.45. The van der Waals surface area contributed by atoms with Crippen molar-refractivity contribution in [1.29, 1.82) is 0 Å². The molecule has 0 N–H and O–H groups in total. The summed E-state index contributed by atoms with van der Waals surface area (Å²) < 4.78 is 0. The molecule has 0 aromatic heterocycles. The minimum Gasteiger partial charge on any atom is -0.242 e. The third-order valence-corrected chi connectivity index (χ3v) is 1.96. The van der Waals surface area contributed by atoms with Gasteiger partial charge < -0.3 is 0 Å². The Morgan fingerprint density at radius 3 is 1.64 bits per heavy atom. The van der Waals surface area contributed by atoms with E-state index < -0.39 is 0 Å². The van der Waals surface area contributed by atoms with Crippen molar-refractivity contribution in [2.45, 2.75) is 20.3 Å². The number of hydrogen-bond acceptors (Lipinski definition) is 2. The van der Waals surface area contributed by atoms with Crippen LogP contribution in [0.3, 0.4) is 0 Å². The van der Waals surface area contributed by atoms with Crippen molar-refractivity contribution in [3.63, 3.8) is 0 Å². The van der Waals surface area contributed by atoms with E-state index in [0.717, 1.165) is 13.1 Å². The summed E-state index contributed by atoms with van der Waals surface area (Å²) in [7, 11) is 0. The van der Waals surface area contributed by atoms with Gasteiger partial charge in [-0.2, -0.15) is 0 Å². The summed E-state index contributed by atoms with van der Waals surface area (Å²) in [5.41, 5.74) is 0. The Balaban J connectivity index is 0. The number of rotatable bonds is 3. The highest BCUT2D eigenvalue weighted by molar-refractivity contribution is 5.85. The van der Waals surface area contributed by atoms with Crippen molar-refractivity contribution in [1.82, 2.24) is 10.0 Å². The van der Waals surface area contributed by atoms with Gasteiger partial charge in [-0.25, -0.2) is 10.0 Å². The van der Waals surface area contributed by atoms with E-state index in [0.29, 0.717) is 0 Å². The van der Waals surface area contributed by atoms with Gasteiger partial charge in [-0.3, -0.25) is 0 Å². The molecule has 0 amide bonds. The van der Waals surface area contributed by atoms with Gasteiger partial charge in [0.1, 0.15) is 0 Å². The summed E-state index contributed by atoms with van der Waals surface area (Å²) in [6, 6.07) is 0. The highest BCUT2D eigenvalue weighted by atomic mass is 35.5. The Hall–Kier alpha value is 0.500. The first kappa shape index (κ1) is 14.0. The summed E-state index contributed by atoms with van der Waals surface area (Å²) >= 11 is 0. The molecular weight excluding hydrogens is 183 g/mol. The van der Waals surface area contributed by atoms with Gasteiger partial charge in [0.25, 0.3) is 0 Å². The smallest absolute Gasteiger partial charge is 0.0146 e. The summed E-state index contributed by atoms with van der Waals surface area (Å²) in [6.07, 6.45) is 1.39. The number of nitrogens with zero attached hydrogens (tertiary/aromatic N) is 2. The van der Waals surface area contributed by atoms with Gasteiger partial charge in [-0.1, -0.05) is 13.8 Å². The SMILES string of the molecule is CCN(CC)N1CCC1.Cl.Cl. The van der Waals surface area contributed by atoms with E-state index in [9.17, 15) is 0 Å². The molecule has 1 rings (SSSR count). The van der Waals surface area contributed by atoms with Gasteiger partial charge in [0, 0.05) is 26.2 Å². The lowest BCUT2D eigenvalue weighted by molar-refractivity contribution is -0.0646. The Bertz CT molecular complexity index is 82.5. The van der Waals surface area contributed by atoms with Crippen LogP contribution in [0.5, 0.6) is 0 Å². The molecule has 1 fully saturated rings. The van der Waals surface area contributed by atoms with Crippen LogP contribution in [0.4, 0.5) is 0 Å². The molecule has 0 radical (unpaired) electrons. The van der Waals surface area contributed by atoms with Crippen LogP contribution < -0.4 is 0 Å². The van der Waals surface area contributed by atoms with Crippen molar-refractivity contribution in [3.8, 4) is 0 Å². The maximum absolute atomic E-state index is 2.42. The molecule has 0 spiro atoms. The Labute approximate surface area is 81.7 Å². The molecule has 0 atom stereocenters. The molecule has 0 aliphatic carbocycles. The van der Waals surface area contributed by atoms with Crippen molar-refractivity contribution < 1.29 is 0 Å². The molecular formula is C7H18Cl2N2. The fourth-order valence-corrected chi connectivity index (χ4v) is 1.21. The lowest BCUT2D eigenvalue weighted by atomic mass is 10.3. The first-order chi connectivity index (χ1) is 4.38. The third kappa shape index (κ3) is 3.61. The topological polar surface area (TPSA) is 6.48 Å². The monoisotopic (exact) mass is 200 g/mol. The summed E-state index contributed by atoms with van der Waals surface area (Å²) in [6.45, 7) is 9.31. The average Bonchev–Trinajstić information content (AvgIpc) is 1.78. The zero-order valence-electron chi connectivity index (χ0n) is 7.25. The molecule has 1 aliphatic heterocycles. The highest BCUT2D eigenvalue weighted by Crippen LogP contribution is 2.08. The fraction of sp³-hybridized carbons (Fsp3) is 1.00. The number of hydrazine groups is 1. The zero-order valence-corrected chi connectivity index (χ0v) is 8.88. The average molecular weight is 201 g/mol. The molecule has 1 saturated heterocycles. The van der Waals surface area contributed by atoms with Crippen molar-refractivity contribution in [2.24, 2.45) is 0 Å². The largest absolute Gasteiger partial charge is 0.242 e. The Morgan fingerprint density at radius 2 is 1.55 bits per heavy atom. The molecule has 0 aromatic rings. The number of halogens is 2. The molecule has 11 heavy (non-hydrogen) atoms. The van der Waals surface area contributed by atoms with Crippen LogP contribution in [-0.2, 0) is 0 Å². The third-order valence-electron chi connectivity index (χ3n) is 1.96. The highest BCUT2D eigenvalue weighted by Gasteiger charge is 2.17. The van der Waals surface area contributed by atoms with Crippen molar-refractivity contribution in [2.75, 3.05) is 26.2 Å². The Morgan fingerprint density at radius 1 is 1.09 bits per heavy atom. The second kappa shape index (κ2) is 7.17. The van der Waals surface area contributed by atoms with Gasteiger partial charge in [0.15, 0.2) is 0 Å². The molecule has 1 heterocycles. The van der Waals surface area contributed by atoms with Crippen LogP contribution in [0.2, 0.25) is 0 Å². The summed E-state index contributed by atoms with van der Waals surface area (Å²) in [5, 5.41) is 4.81. The van der Waals surface area contributed by atoms with Crippen LogP contribution >= 0.6 is 24.8 Å². The van der Waals surface area contributed by atoms with E-state index in [1.54, 1.807) is 0 Å². The predicted octanol–water partition coefficient (Wildman–Crippen LogP) is 1.79. The lowest BCUT2D eigenvalue weighted by Crippen LogP contribution is -2.50. The van der Waals surface area contributed by atoms with Gasteiger partial charge in [0.05, 0.1) is 0 Å². The standard InChI is InChI=1S/C7H16N2.2ClH/c1-3-8(4-2)9-6-5-7-9;;/h3-7H2,1-2H3;2*1H. The van der Waals surface area contributed by atoms with E-state index in [2.05, 4.69) is 23.9 Å². The molecule has 0 saturated carbocycles. The van der Waals surface area contributed by atoms with Crippen LogP contribution in [0, 0.1) is 0 Å². The maximum Gasteiger partial charge on any atom is 0.0146 e. The molecule has 1 aliphatic rings. The molecule has 0 aromatic carbocycles. The quantitative estimate of drug-likeness (QED) is 0.686. The van der Waals surface area contributed by atoms with E-state index in [1.165, 1.54) is 19.5 Å². The molecule has 0 bridgehead atoms. The van der Waals surface area contributed by atoms with Gasteiger partial charge in [0.2, 0.25) is 0 Å². The lowest BCUT2D eigenvalue weighted by Gasteiger charge is -2.39. The molecule has 4 heteroatoms. The van der Waals surface area contributed by atoms with Crippen LogP contribution in [0.15, 0.2) is 0 Å². The first-order valence-electron chi connectivity index (χ1n) is 3.88. The van der Waals surface area contributed by atoms with Crippen LogP contribution in [-0.4, -0.2) is 36.2 Å². The zero-order chi connectivity index (χ0) is 6.69. The first-order valence-corrected chi connectivity index (χ1v) is 3.88. The minimum atomic E-state index is 0. The molecule has 0 unspecified atom stereocenters. The van der Waals surface area contributed by atoms with Crippen LogP contribution in [0.25, 0.3) is 0 Å². The number of hydrogen-bond donors (Lipinski definition) is 0. The normalized spacial score (nSPS) is 16.6. The van der Waals surface area contributed by atoms with Crippen molar-refractivity contribution >= 4 is 24.8 Å². The van der Waals surface area contributed by atoms with Gasteiger partial charge >= 0.3 is 0 Å². The Kier molecular flexibility index (Phi) is 9.15. The fourth-order valence-electron chi connectivity index (χ4n) is 1.21. The summed E-state index contributed by atoms with van der Waals surface area (Å²) in [5.74, 6) is 0. The van der Waals surface area contributed by atoms with E-state index in [4.69, 9.17) is 0 Å². The second-order valence-corrected chi connectivity index (χ2v) is 2.45. The maximum atomic E-state index is 2.42. The van der Waals surface area contributed by atoms with E-state index in [-0.39, 0.29) is 24.8 Å². The molecule has 70 valence electrons. The molecule has 2 nitrogen and oxygen atoms in total. The van der Waals surface area contributed by atoms with E-state index in [1.807, 2.05) is 0 Å². The van der Waals surface area contributed by atoms with Crippen LogP contribution in [0.1, 0.15) is 20.3 Å². The predicted molar refractivity (Wildman–Crippen MR) is 53.6 cm³/mol.